The van der Waals surface area contributed by atoms with Crippen LogP contribution in [-0.2, 0) is 9.59 Å². The molecule has 0 aromatic heterocycles. The molecule has 1 atom stereocenters. The highest BCUT2D eigenvalue weighted by Crippen LogP contribution is 2.19. The Bertz CT molecular complexity index is 261. The molecule has 1 heterocycles. The van der Waals surface area contributed by atoms with Gasteiger partial charge in [-0.3, -0.25) is 14.5 Å². The average molecular weight is 240 g/mol. The quantitative estimate of drug-likeness (QED) is 0.717. The van der Waals surface area contributed by atoms with Crippen molar-refractivity contribution >= 4 is 11.8 Å². The lowest BCUT2D eigenvalue weighted by atomic mass is 9.97. The summed E-state index contributed by atoms with van der Waals surface area (Å²) < 4.78 is 0. The molecule has 1 saturated heterocycles. The van der Waals surface area contributed by atoms with Crippen LogP contribution in [0.25, 0.3) is 0 Å². The van der Waals surface area contributed by atoms with Crippen molar-refractivity contribution in [2.45, 2.75) is 52.5 Å². The van der Waals surface area contributed by atoms with E-state index in [0.29, 0.717) is 25.4 Å². The summed E-state index contributed by atoms with van der Waals surface area (Å²) in [6.07, 6.45) is 2.97. The van der Waals surface area contributed by atoms with Gasteiger partial charge in [0.2, 0.25) is 11.8 Å². The van der Waals surface area contributed by atoms with Gasteiger partial charge in [0.1, 0.15) is 0 Å². The molecule has 1 unspecified atom stereocenters. The zero-order chi connectivity index (χ0) is 12.8. The Balaban J connectivity index is 2.35. The van der Waals surface area contributed by atoms with Gasteiger partial charge in [0.05, 0.1) is 0 Å². The second-order valence-corrected chi connectivity index (χ2v) is 5.10. The van der Waals surface area contributed by atoms with Gasteiger partial charge in [0.15, 0.2) is 0 Å². The molecule has 0 spiro atoms. The normalized spacial score (nSPS) is 19.8. The molecule has 1 aliphatic rings. The Hall–Kier alpha value is -0.900. The molecule has 4 nitrogen and oxygen atoms in total. The predicted octanol–water partition coefficient (Wildman–Crippen LogP) is 1.55. The number of hydrogen-bond acceptors (Lipinski definition) is 3. The Morgan fingerprint density at radius 2 is 1.94 bits per heavy atom. The Morgan fingerprint density at radius 3 is 2.47 bits per heavy atom. The summed E-state index contributed by atoms with van der Waals surface area (Å²) in [6, 6.07) is 0.356. The van der Waals surface area contributed by atoms with Crippen molar-refractivity contribution < 1.29 is 9.59 Å². The fourth-order valence-electron chi connectivity index (χ4n) is 2.09. The molecule has 0 radical (unpaired) electrons. The summed E-state index contributed by atoms with van der Waals surface area (Å²) in [6.45, 7) is 7.72. The van der Waals surface area contributed by atoms with Crippen molar-refractivity contribution in [1.29, 1.82) is 0 Å². The summed E-state index contributed by atoms with van der Waals surface area (Å²) >= 11 is 0. The van der Waals surface area contributed by atoms with E-state index in [9.17, 15) is 9.59 Å². The number of carbonyl (C=O) groups is 2. The Labute approximate surface area is 104 Å². The first-order valence-corrected chi connectivity index (χ1v) is 6.61. The first kappa shape index (κ1) is 14.2. The number of carbonyl (C=O) groups excluding carboxylic acids is 2. The summed E-state index contributed by atoms with van der Waals surface area (Å²) in [5.74, 6) is 0.203. The monoisotopic (exact) mass is 240 g/mol. The molecule has 0 aliphatic carbocycles. The van der Waals surface area contributed by atoms with Crippen LogP contribution in [0.1, 0.15) is 46.5 Å². The van der Waals surface area contributed by atoms with Gasteiger partial charge in [-0.2, -0.15) is 0 Å². The first-order valence-electron chi connectivity index (χ1n) is 6.61. The molecule has 0 bridgehead atoms. The van der Waals surface area contributed by atoms with Crippen molar-refractivity contribution in [3.8, 4) is 0 Å². The number of amides is 2. The molecule has 1 N–H and O–H groups in total. The van der Waals surface area contributed by atoms with Crippen LogP contribution >= 0.6 is 0 Å². The fourth-order valence-corrected chi connectivity index (χ4v) is 2.09. The lowest BCUT2D eigenvalue weighted by Crippen LogP contribution is -2.44. The Morgan fingerprint density at radius 1 is 1.35 bits per heavy atom. The van der Waals surface area contributed by atoms with Crippen molar-refractivity contribution in [2.24, 2.45) is 5.92 Å². The van der Waals surface area contributed by atoms with Crippen LogP contribution in [0.2, 0.25) is 0 Å². The second kappa shape index (κ2) is 6.74. The van der Waals surface area contributed by atoms with E-state index in [1.54, 1.807) is 0 Å². The van der Waals surface area contributed by atoms with Crippen molar-refractivity contribution in [2.75, 3.05) is 13.1 Å². The van der Waals surface area contributed by atoms with Crippen LogP contribution in [0.5, 0.6) is 0 Å². The van der Waals surface area contributed by atoms with Crippen LogP contribution in [0.15, 0.2) is 0 Å². The molecule has 0 aromatic carbocycles. The molecule has 4 heteroatoms. The molecule has 1 fully saturated rings. The van der Waals surface area contributed by atoms with Crippen LogP contribution in [0.3, 0.4) is 0 Å². The van der Waals surface area contributed by atoms with Gasteiger partial charge >= 0.3 is 0 Å². The summed E-state index contributed by atoms with van der Waals surface area (Å²) in [4.78, 5) is 24.9. The minimum atomic E-state index is -0.00329. The average Bonchev–Trinajstić information content (AvgIpc) is 2.24. The van der Waals surface area contributed by atoms with E-state index in [4.69, 9.17) is 0 Å². The molecular weight excluding hydrogens is 216 g/mol. The number of imide groups is 1. The zero-order valence-electron chi connectivity index (χ0n) is 11.2. The van der Waals surface area contributed by atoms with E-state index in [-0.39, 0.29) is 17.7 Å². The maximum atomic E-state index is 11.7. The van der Waals surface area contributed by atoms with Gasteiger partial charge in [-0.25, -0.2) is 0 Å². The van der Waals surface area contributed by atoms with Gasteiger partial charge in [-0.05, 0) is 32.2 Å². The minimum absolute atomic E-state index is 0.00329. The lowest BCUT2D eigenvalue weighted by molar-refractivity contribution is -0.149. The molecule has 17 heavy (non-hydrogen) atoms. The highest BCUT2D eigenvalue weighted by Gasteiger charge is 2.29. The number of hydrogen-bond donors (Lipinski definition) is 1. The number of piperidine rings is 1. The maximum absolute atomic E-state index is 11.7. The van der Waals surface area contributed by atoms with E-state index in [1.165, 1.54) is 4.90 Å². The van der Waals surface area contributed by atoms with Crippen LogP contribution < -0.4 is 5.32 Å². The van der Waals surface area contributed by atoms with E-state index in [0.717, 1.165) is 19.4 Å². The van der Waals surface area contributed by atoms with Crippen LogP contribution in [0, 0.1) is 5.92 Å². The SMILES string of the molecule is CCCNC(C)CCN1C(=O)CC(C)CC1=O. The molecule has 0 saturated carbocycles. The summed E-state index contributed by atoms with van der Waals surface area (Å²) in [5.41, 5.74) is 0. The van der Waals surface area contributed by atoms with Crippen molar-refractivity contribution in [3.05, 3.63) is 0 Å². The van der Waals surface area contributed by atoms with Crippen molar-refractivity contribution in [3.63, 3.8) is 0 Å². The van der Waals surface area contributed by atoms with E-state index >= 15 is 0 Å². The number of nitrogens with one attached hydrogen (secondary N) is 1. The number of nitrogens with zero attached hydrogens (tertiary/aromatic N) is 1. The fraction of sp³-hybridized carbons (Fsp3) is 0.846. The third-order valence-corrected chi connectivity index (χ3v) is 3.18. The maximum Gasteiger partial charge on any atom is 0.229 e. The topological polar surface area (TPSA) is 49.4 Å². The first-order chi connectivity index (χ1) is 8.04. The third-order valence-electron chi connectivity index (χ3n) is 3.18. The molecule has 98 valence electrons. The van der Waals surface area contributed by atoms with Gasteiger partial charge in [0, 0.05) is 25.4 Å². The number of likely N-dealkylation sites (tertiary alicyclic amines) is 1. The van der Waals surface area contributed by atoms with Crippen LogP contribution in [-0.4, -0.2) is 35.8 Å². The highest BCUT2D eigenvalue weighted by molar-refractivity contribution is 5.97. The van der Waals surface area contributed by atoms with E-state index in [2.05, 4.69) is 19.2 Å². The second-order valence-electron chi connectivity index (χ2n) is 5.10. The van der Waals surface area contributed by atoms with E-state index in [1.807, 2.05) is 6.92 Å². The zero-order valence-corrected chi connectivity index (χ0v) is 11.2. The molecule has 1 aliphatic heterocycles. The predicted molar refractivity (Wildman–Crippen MR) is 67.5 cm³/mol. The molecule has 2 amide bonds. The van der Waals surface area contributed by atoms with Gasteiger partial charge in [-0.1, -0.05) is 13.8 Å². The molecule has 0 aromatic rings. The third kappa shape index (κ3) is 4.46. The Kier molecular flexibility index (Phi) is 5.62. The standard InChI is InChI=1S/C13H24N2O2/c1-4-6-14-11(3)5-7-15-12(16)8-10(2)9-13(15)17/h10-11,14H,4-9H2,1-3H3. The molecular formula is C13H24N2O2. The van der Waals surface area contributed by atoms with E-state index < -0.39 is 0 Å². The van der Waals surface area contributed by atoms with Gasteiger partial charge < -0.3 is 5.32 Å². The highest BCUT2D eigenvalue weighted by atomic mass is 16.2. The lowest BCUT2D eigenvalue weighted by Gasteiger charge is -2.29. The summed E-state index contributed by atoms with van der Waals surface area (Å²) in [7, 11) is 0. The van der Waals surface area contributed by atoms with Gasteiger partial charge in [0.25, 0.3) is 0 Å². The minimum Gasteiger partial charge on any atom is -0.314 e. The smallest absolute Gasteiger partial charge is 0.229 e. The largest absolute Gasteiger partial charge is 0.314 e. The molecule has 1 rings (SSSR count). The van der Waals surface area contributed by atoms with Crippen molar-refractivity contribution in [1.82, 2.24) is 10.2 Å². The number of rotatable bonds is 6. The van der Waals surface area contributed by atoms with Gasteiger partial charge in [-0.15, -0.1) is 0 Å². The summed E-state index contributed by atoms with van der Waals surface area (Å²) in [5, 5.41) is 3.36. The van der Waals surface area contributed by atoms with Crippen LogP contribution in [0.4, 0.5) is 0 Å².